The van der Waals surface area contributed by atoms with Crippen LogP contribution < -0.4 is 0 Å². The van der Waals surface area contributed by atoms with E-state index >= 15 is 0 Å². The van der Waals surface area contributed by atoms with E-state index in [1.54, 1.807) is 0 Å². The lowest BCUT2D eigenvalue weighted by Gasteiger charge is -2.41. The first-order valence-electron chi connectivity index (χ1n) is 7.03. The van der Waals surface area contributed by atoms with Gasteiger partial charge in [-0.2, -0.15) is 0 Å². The number of hydrogen-bond acceptors (Lipinski definition) is 3. The van der Waals surface area contributed by atoms with Gasteiger partial charge in [-0.3, -0.25) is 0 Å². The molecule has 18 heavy (non-hydrogen) atoms. The van der Waals surface area contributed by atoms with Gasteiger partial charge in [-0.05, 0) is 12.8 Å². The first-order chi connectivity index (χ1) is 8.79. The van der Waals surface area contributed by atoms with Crippen LogP contribution in [-0.2, 0) is 14.2 Å². The van der Waals surface area contributed by atoms with Crippen LogP contribution in [0.1, 0.15) is 38.5 Å². The van der Waals surface area contributed by atoms with E-state index in [0.29, 0.717) is 19.1 Å². The average molecular weight is 251 g/mol. The Morgan fingerprint density at radius 1 is 0.889 bits per heavy atom. The predicted molar refractivity (Wildman–Crippen MR) is 66.0 cm³/mol. The van der Waals surface area contributed by atoms with E-state index in [1.165, 1.54) is 0 Å². The third-order valence-electron chi connectivity index (χ3n) is 4.90. The van der Waals surface area contributed by atoms with E-state index in [0.717, 1.165) is 51.7 Å². The largest absolute Gasteiger partial charge is 0.381 e. The summed E-state index contributed by atoms with van der Waals surface area (Å²) in [5.74, 6) is 0.154. The van der Waals surface area contributed by atoms with E-state index in [9.17, 15) is 0 Å². The lowest BCUT2D eigenvalue weighted by Crippen LogP contribution is -2.47. The second-order valence-electron chi connectivity index (χ2n) is 5.71. The van der Waals surface area contributed by atoms with Gasteiger partial charge in [-0.25, -0.2) is 6.57 Å². The zero-order valence-corrected chi connectivity index (χ0v) is 10.8. The van der Waals surface area contributed by atoms with Crippen molar-refractivity contribution >= 4 is 0 Å². The summed E-state index contributed by atoms with van der Waals surface area (Å²) in [7, 11) is 0. The van der Waals surface area contributed by atoms with Crippen molar-refractivity contribution in [2.75, 3.05) is 26.4 Å². The molecule has 1 saturated carbocycles. The summed E-state index contributed by atoms with van der Waals surface area (Å²) >= 11 is 0. The van der Waals surface area contributed by atoms with E-state index in [4.69, 9.17) is 20.8 Å². The van der Waals surface area contributed by atoms with Gasteiger partial charge in [-0.15, -0.1) is 0 Å². The van der Waals surface area contributed by atoms with E-state index in [-0.39, 0.29) is 11.3 Å². The zero-order valence-electron chi connectivity index (χ0n) is 10.8. The fraction of sp³-hybridized carbons (Fsp3) is 0.929. The van der Waals surface area contributed by atoms with Crippen LogP contribution in [0.15, 0.2) is 0 Å². The standard InChI is InChI=1S/C14H21NO3/c1-15-13(12-2-8-16-9-3-12)4-6-14(7-5-13)17-10-11-18-14/h12H,2-11H2. The molecule has 1 spiro atoms. The number of nitrogens with zero attached hydrogens (tertiary/aromatic N) is 1. The van der Waals surface area contributed by atoms with Crippen molar-refractivity contribution in [2.45, 2.75) is 49.9 Å². The summed E-state index contributed by atoms with van der Waals surface area (Å²) in [6.45, 7) is 10.7. The molecule has 0 unspecified atom stereocenters. The second-order valence-corrected chi connectivity index (χ2v) is 5.71. The van der Waals surface area contributed by atoms with E-state index in [1.807, 2.05) is 0 Å². The maximum atomic E-state index is 7.64. The Morgan fingerprint density at radius 2 is 1.50 bits per heavy atom. The summed E-state index contributed by atoms with van der Waals surface area (Å²) in [4.78, 5) is 4.04. The Balaban J connectivity index is 1.69. The summed E-state index contributed by atoms with van der Waals surface area (Å²) in [5, 5.41) is 0. The third-order valence-corrected chi connectivity index (χ3v) is 4.90. The number of rotatable bonds is 1. The molecule has 0 N–H and O–H groups in total. The van der Waals surface area contributed by atoms with Crippen LogP contribution in [0, 0.1) is 12.5 Å². The van der Waals surface area contributed by atoms with Crippen molar-refractivity contribution in [3.63, 3.8) is 0 Å². The highest BCUT2D eigenvalue weighted by Gasteiger charge is 2.54. The Bertz CT molecular complexity index is 327. The normalized spacial score (nSPS) is 31.3. The molecule has 0 aromatic heterocycles. The maximum absolute atomic E-state index is 7.64. The van der Waals surface area contributed by atoms with Gasteiger partial charge in [0.1, 0.15) is 0 Å². The lowest BCUT2D eigenvalue weighted by molar-refractivity contribution is -0.185. The fourth-order valence-electron chi connectivity index (χ4n) is 3.70. The molecular weight excluding hydrogens is 230 g/mol. The van der Waals surface area contributed by atoms with Crippen LogP contribution in [0.25, 0.3) is 4.85 Å². The van der Waals surface area contributed by atoms with Crippen LogP contribution in [0.3, 0.4) is 0 Å². The first-order valence-corrected chi connectivity index (χ1v) is 7.03. The summed E-state index contributed by atoms with van der Waals surface area (Å²) in [5.41, 5.74) is -0.176. The predicted octanol–water partition coefficient (Wildman–Crippen LogP) is 2.39. The minimum Gasteiger partial charge on any atom is -0.381 e. The zero-order chi connectivity index (χ0) is 12.5. The molecule has 0 aromatic rings. The van der Waals surface area contributed by atoms with Crippen LogP contribution in [-0.4, -0.2) is 37.8 Å². The molecule has 0 aromatic carbocycles. The highest BCUT2D eigenvalue weighted by atomic mass is 16.7. The van der Waals surface area contributed by atoms with Crippen molar-refractivity contribution in [3.05, 3.63) is 11.4 Å². The number of ether oxygens (including phenoxy) is 3. The van der Waals surface area contributed by atoms with Gasteiger partial charge in [0.15, 0.2) is 5.79 Å². The number of hydrogen-bond donors (Lipinski definition) is 0. The molecule has 0 radical (unpaired) electrons. The fourth-order valence-corrected chi connectivity index (χ4v) is 3.70. The molecule has 100 valence electrons. The highest BCUT2D eigenvalue weighted by molar-refractivity contribution is 5.08. The highest BCUT2D eigenvalue weighted by Crippen LogP contribution is 2.47. The molecule has 0 amide bonds. The van der Waals surface area contributed by atoms with Crippen molar-refractivity contribution < 1.29 is 14.2 Å². The summed E-state index contributed by atoms with van der Waals surface area (Å²) in [6.07, 6.45) is 5.68. The Kier molecular flexibility index (Phi) is 3.31. The maximum Gasteiger partial charge on any atom is 0.236 e. The summed E-state index contributed by atoms with van der Waals surface area (Å²) in [6, 6.07) is 0. The molecule has 2 aliphatic heterocycles. The van der Waals surface area contributed by atoms with Crippen LogP contribution >= 0.6 is 0 Å². The first kappa shape index (κ1) is 12.4. The minimum atomic E-state index is -0.348. The smallest absolute Gasteiger partial charge is 0.236 e. The quantitative estimate of drug-likeness (QED) is 0.671. The molecule has 4 nitrogen and oxygen atoms in total. The van der Waals surface area contributed by atoms with Gasteiger partial charge in [0.2, 0.25) is 5.54 Å². The molecule has 3 fully saturated rings. The molecule has 2 saturated heterocycles. The van der Waals surface area contributed by atoms with Gasteiger partial charge < -0.3 is 19.1 Å². The van der Waals surface area contributed by atoms with Crippen molar-refractivity contribution in [2.24, 2.45) is 5.92 Å². The van der Waals surface area contributed by atoms with E-state index in [2.05, 4.69) is 4.85 Å². The van der Waals surface area contributed by atoms with Gasteiger partial charge in [0, 0.05) is 44.8 Å². The SMILES string of the molecule is [C-]#[N+]C1(C2CCOCC2)CCC2(CC1)OCCO2. The Hall–Kier alpha value is -0.630. The van der Waals surface area contributed by atoms with Crippen molar-refractivity contribution in [3.8, 4) is 0 Å². The molecule has 4 heteroatoms. The van der Waals surface area contributed by atoms with Gasteiger partial charge in [0.25, 0.3) is 0 Å². The second kappa shape index (κ2) is 4.80. The Labute approximate surface area is 108 Å². The average Bonchev–Trinajstić information content (AvgIpc) is 2.90. The summed E-state index contributed by atoms with van der Waals surface area (Å²) < 4.78 is 16.9. The van der Waals surface area contributed by atoms with Crippen molar-refractivity contribution in [1.82, 2.24) is 0 Å². The molecular formula is C14H21NO3. The monoisotopic (exact) mass is 251 g/mol. The molecule has 0 bridgehead atoms. The van der Waals surface area contributed by atoms with Gasteiger partial charge >= 0.3 is 0 Å². The Morgan fingerprint density at radius 3 is 2.06 bits per heavy atom. The topological polar surface area (TPSA) is 32.0 Å². The molecule has 1 aliphatic carbocycles. The van der Waals surface area contributed by atoms with Crippen LogP contribution in [0.4, 0.5) is 0 Å². The minimum absolute atomic E-state index is 0.176. The molecule has 2 heterocycles. The molecule has 3 rings (SSSR count). The molecule has 0 atom stereocenters. The van der Waals surface area contributed by atoms with Crippen LogP contribution in [0.2, 0.25) is 0 Å². The molecule has 3 aliphatic rings. The van der Waals surface area contributed by atoms with Gasteiger partial charge in [-0.1, -0.05) is 0 Å². The van der Waals surface area contributed by atoms with Crippen LogP contribution in [0.5, 0.6) is 0 Å². The lowest BCUT2D eigenvalue weighted by atomic mass is 9.69. The van der Waals surface area contributed by atoms with Gasteiger partial charge in [0.05, 0.1) is 13.2 Å². The van der Waals surface area contributed by atoms with E-state index < -0.39 is 0 Å². The van der Waals surface area contributed by atoms with Crippen molar-refractivity contribution in [1.29, 1.82) is 0 Å². The third kappa shape index (κ3) is 2.05.